The zero-order chi connectivity index (χ0) is 8.55. The Balaban J connectivity index is 1.76. The number of aliphatic carboxylic acids is 1. The van der Waals surface area contributed by atoms with Crippen LogP contribution in [0.2, 0.25) is 0 Å². The molecule has 68 valence electrons. The molecular weight excluding hydrogens is 154 g/mol. The number of hydrogen-bond acceptors (Lipinski definition) is 2. The van der Waals surface area contributed by atoms with Gasteiger partial charge in [-0.1, -0.05) is 0 Å². The summed E-state index contributed by atoms with van der Waals surface area (Å²) in [5.74, 6) is 0.241. The van der Waals surface area contributed by atoms with Crippen LogP contribution < -0.4 is 0 Å². The summed E-state index contributed by atoms with van der Waals surface area (Å²) >= 11 is 0. The molecule has 0 aromatic carbocycles. The Kier molecular flexibility index (Phi) is 2.05. The van der Waals surface area contributed by atoms with Crippen molar-refractivity contribution in [3.8, 4) is 0 Å². The quantitative estimate of drug-likeness (QED) is 0.683. The number of carbonyl (C=O) groups is 1. The van der Waals surface area contributed by atoms with Crippen molar-refractivity contribution >= 4 is 5.97 Å². The van der Waals surface area contributed by atoms with Crippen LogP contribution in [0.5, 0.6) is 0 Å². The lowest BCUT2D eigenvalue weighted by Crippen LogP contribution is -2.33. The number of hydrogen-bond donors (Lipinski definition) is 1. The molecule has 3 nitrogen and oxygen atoms in total. The molecular formula is C9H15NO2. The Morgan fingerprint density at radius 3 is 3.17 bits per heavy atom. The number of nitrogens with zero attached hydrogens (tertiary/aromatic N) is 1. The fourth-order valence-electron chi connectivity index (χ4n) is 2.23. The van der Waals surface area contributed by atoms with Crippen LogP contribution in [0.25, 0.3) is 0 Å². The summed E-state index contributed by atoms with van der Waals surface area (Å²) in [4.78, 5) is 12.7. The third-order valence-corrected chi connectivity index (χ3v) is 2.99. The number of fused-ring (bicyclic) bond motifs is 1. The summed E-state index contributed by atoms with van der Waals surface area (Å²) in [5.41, 5.74) is 0. The van der Waals surface area contributed by atoms with E-state index in [-0.39, 0.29) is 0 Å². The lowest BCUT2D eigenvalue weighted by Gasteiger charge is -2.25. The van der Waals surface area contributed by atoms with Gasteiger partial charge >= 0.3 is 5.97 Å². The van der Waals surface area contributed by atoms with Crippen molar-refractivity contribution in [1.29, 1.82) is 0 Å². The summed E-state index contributed by atoms with van der Waals surface area (Å²) in [6, 6.07) is 0.748. The van der Waals surface area contributed by atoms with E-state index in [9.17, 15) is 4.79 Å². The Morgan fingerprint density at radius 1 is 1.58 bits per heavy atom. The van der Waals surface area contributed by atoms with Crippen LogP contribution in [-0.2, 0) is 4.79 Å². The zero-order valence-electron chi connectivity index (χ0n) is 7.20. The lowest BCUT2D eigenvalue weighted by atomic mass is 10.1. The van der Waals surface area contributed by atoms with Gasteiger partial charge < -0.3 is 5.11 Å². The molecule has 12 heavy (non-hydrogen) atoms. The number of carboxylic acid groups (broad SMARTS) is 1. The number of rotatable bonds is 3. The molecule has 0 unspecified atom stereocenters. The van der Waals surface area contributed by atoms with Crippen molar-refractivity contribution in [2.75, 3.05) is 13.1 Å². The fraction of sp³-hybridized carbons (Fsp3) is 0.889. The summed E-state index contributed by atoms with van der Waals surface area (Å²) in [7, 11) is 0. The Hall–Kier alpha value is -0.570. The van der Waals surface area contributed by atoms with E-state index in [1.165, 1.54) is 19.3 Å². The second-order valence-corrected chi connectivity index (χ2v) is 3.89. The predicted octanol–water partition coefficient (Wildman–Crippen LogP) is 0.945. The zero-order valence-corrected chi connectivity index (χ0v) is 7.20. The van der Waals surface area contributed by atoms with Gasteiger partial charge in [-0.2, -0.15) is 0 Å². The molecule has 1 heterocycles. The highest BCUT2D eigenvalue weighted by Crippen LogP contribution is 2.42. The van der Waals surface area contributed by atoms with Gasteiger partial charge in [-0.05, 0) is 31.7 Å². The largest absolute Gasteiger partial charge is 0.481 e. The Bertz CT molecular complexity index is 193. The monoisotopic (exact) mass is 169 g/mol. The Labute approximate surface area is 72.4 Å². The molecule has 0 spiro atoms. The average molecular weight is 169 g/mol. The highest BCUT2D eigenvalue weighted by molar-refractivity contribution is 5.66. The van der Waals surface area contributed by atoms with Crippen LogP contribution >= 0.6 is 0 Å². The minimum absolute atomic E-state index is 0.309. The van der Waals surface area contributed by atoms with Crippen LogP contribution in [0.3, 0.4) is 0 Å². The molecule has 2 fully saturated rings. The van der Waals surface area contributed by atoms with Gasteiger partial charge in [-0.25, -0.2) is 0 Å². The number of likely N-dealkylation sites (tertiary alicyclic amines) is 1. The van der Waals surface area contributed by atoms with Gasteiger partial charge in [0.05, 0.1) is 6.42 Å². The summed E-state index contributed by atoms with van der Waals surface area (Å²) < 4.78 is 0. The molecule has 3 heteroatoms. The van der Waals surface area contributed by atoms with E-state index in [1.807, 2.05) is 0 Å². The van der Waals surface area contributed by atoms with Crippen molar-refractivity contribution in [2.24, 2.45) is 5.92 Å². The molecule has 1 aliphatic heterocycles. The maximum Gasteiger partial charge on any atom is 0.304 e. The highest BCUT2D eigenvalue weighted by Gasteiger charge is 2.43. The molecule has 0 radical (unpaired) electrons. The maximum absolute atomic E-state index is 10.3. The topological polar surface area (TPSA) is 40.5 Å². The maximum atomic E-state index is 10.3. The van der Waals surface area contributed by atoms with Crippen LogP contribution in [-0.4, -0.2) is 35.1 Å². The van der Waals surface area contributed by atoms with Gasteiger partial charge in [0, 0.05) is 12.6 Å². The van der Waals surface area contributed by atoms with E-state index in [4.69, 9.17) is 5.11 Å². The van der Waals surface area contributed by atoms with Gasteiger partial charge in [0.2, 0.25) is 0 Å². The molecule has 2 aliphatic rings. The normalized spacial score (nSPS) is 34.3. The van der Waals surface area contributed by atoms with Gasteiger partial charge in [-0.15, -0.1) is 0 Å². The van der Waals surface area contributed by atoms with Crippen molar-refractivity contribution in [3.05, 3.63) is 0 Å². The van der Waals surface area contributed by atoms with Crippen molar-refractivity contribution < 1.29 is 9.90 Å². The van der Waals surface area contributed by atoms with E-state index in [2.05, 4.69) is 4.90 Å². The van der Waals surface area contributed by atoms with Crippen LogP contribution in [0.4, 0.5) is 0 Å². The smallest absolute Gasteiger partial charge is 0.304 e. The van der Waals surface area contributed by atoms with Gasteiger partial charge in [0.15, 0.2) is 0 Å². The van der Waals surface area contributed by atoms with Crippen molar-refractivity contribution in [2.45, 2.75) is 31.7 Å². The summed E-state index contributed by atoms with van der Waals surface area (Å²) in [5, 5.41) is 8.52. The van der Waals surface area contributed by atoms with Crippen LogP contribution in [0, 0.1) is 5.92 Å². The third kappa shape index (κ3) is 1.61. The fourth-order valence-corrected chi connectivity index (χ4v) is 2.23. The summed E-state index contributed by atoms with van der Waals surface area (Å²) in [6.45, 7) is 1.88. The van der Waals surface area contributed by atoms with E-state index < -0.39 is 5.97 Å². The van der Waals surface area contributed by atoms with Gasteiger partial charge in [0.25, 0.3) is 0 Å². The van der Waals surface area contributed by atoms with Crippen LogP contribution in [0.1, 0.15) is 25.7 Å². The first-order valence-electron chi connectivity index (χ1n) is 4.73. The SMILES string of the molecule is O=C(O)CCN1CCC[C@@H]2C[C@@H]21. The average Bonchev–Trinajstić information content (AvgIpc) is 2.78. The highest BCUT2D eigenvalue weighted by atomic mass is 16.4. The Morgan fingerprint density at radius 2 is 2.42 bits per heavy atom. The molecule has 1 saturated heterocycles. The second-order valence-electron chi connectivity index (χ2n) is 3.89. The molecule has 2 atom stereocenters. The lowest BCUT2D eigenvalue weighted by molar-refractivity contribution is -0.137. The van der Waals surface area contributed by atoms with E-state index in [1.54, 1.807) is 0 Å². The van der Waals surface area contributed by atoms with E-state index in [0.29, 0.717) is 6.42 Å². The first kappa shape index (κ1) is 8.05. The van der Waals surface area contributed by atoms with E-state index >= 15 is 0 Å². The van der Waals surface area contributed by atoms with Gasteiger partial charge in [-0.3, -0.25) is 9.69 Å². The third-order valence-electron chi connectivity index (χ3n) is 2.99. The minimum atomic E-state index is -0.669. The minimum Gasteiger partial charge on any atom is -0.481 e. The predicted molar refractivity (Wildman–Crippen MR) is 45.0 cm³/mol. The molecule has 2 rings (SSSR count). The molecule has 0 aromatic rings. The number of piperidine rings is 1. The van der Waals surface area contributed by atoms with Crippen LogP contribution in [0.15, 0.2) is 0 Å². The first-order chi connectivity index (χ1) is 5.77. The standard InChI is InChI=1S/C9H15NO2/c11-9(12)3-5-10-4-1-2-7-6-8(7)10/h7-8H,1-6H2,(H,11,12)/t7-,8+/m1/s1. The molecule has 1 saturated carbocycles. The van der Waals surface area contributed by atoms with Gasteiger partial charge in [0.1, 0.15) is 0 Å². The van der Waals surface area contributed by atoms with Crippen molar-refractivity contribution in [1.82, 2.24) is 4.90 Å². The molecule has 0 bridgehead atoms. The molecule has 1 aliphatic carbocycles. The van der Waals surface area contributed by atoms with E-state index in [0.717, 1.165) is 25.0 Å². The summed E-state index contributed by atoms with van der Waals surface area (Å²) in [6.07, 6.45) is 4.26. The molecule has 0 aromatic heterocycles. The molecule has 0 amide bonds. The second kappa shape index (κ2) is 3.05. The molecule has 1 N–H and O–H groups in total. The first-order valence-corrected chi connectivity index (χ1v) is 4.73. The number of carboxylic acids is 1. The van der Waals surface area contributed by atoms with Crippen molar-refractivity contribution in [3.63, 3.8) is 0 Å².